The molecule has 1 aliphatic heterocycles. The van der Waals surface area contributed by atoms with Crippen LogP contribution in [-0.4, -0.2) is 45.1 Å². The third kappa shape index (κ3) is 3.64. The van der Waals surface area contributed by atoms with Crippen molar-refractivity contribution in [2.45, 2.75) is 57.5 Å². The minimum Gasteiger partial charge on any atom is -0.349 e. The van der Waals surface area contributed by atoms with E-state index in [0.717, 1.165) is 48.3 Å². The molecule has 1 atom stereocenters. The normalized spacial score (nSPS) is 20.5. The van der Waals surface area contributed by atoms with E-state index in [2.05, 4.69) is 31.1 Å². The van der Waals surface area contributed by atoms with Gasteiger partial charge in [-0.2, -0.15) is 5.10 Å². The molecule has 1 unspecified atom stereocenters. The molecular formula is C20H26N6O2. The van der Waals surface area contributed by atoms with E-state index >= 15 is 0 Å². The Morgan fingerprint density at radius 3 is 2.82 bits per heavy atom. The van der Waals surface area contributed by atoms with Gasteiger partial charge < -0.3 is 16.0 Å². The van der Waals surface area contributed by atoms with Crippen molar-refractivity contribution in [3.05, 3.63) is 29.6 Å². The number of aryl methyl sites for hydroxylation is 2. The number of hydrogen-bond acceptors (Lipinski definition) is 5. The minimum atomic E-state index is -0.158. The molecule has 28 heavy (non-hydrogen) atoms. The topological polar surface area (TPSA) is 112 Å². The van der Waals surface area contributed by atoms with Gasteiger partial charge in [-0.3, -0.25) is 14.7 Å². The summed E-state index contributed by atoms with van der Waals surface area (Å²) in [6.07, 6.45) is 4.37. The molecule has 4 rings (SSSR count). The first kappa shape index (κ1) is 18.6. The number of H-pyrrole nitrogens is 1. The summed E-state index contributed by atoms with van der Waals surface area (Å²) in [5.41, 5.74) is 2.42. The standard InChI is InChI=1S/C20H26N6O2/c1-12-4-5-14(19-22-13(2)25-26-19)10-15(12)23-18(28)11-21-16-6-7-17(27)24-20(16)8-3-9-20/h4-5,10,16,21H,3,6-9,11H2,1-2H3,(H,23,28)(H,24,27)(H,22,25,26). The van der Waals surface area contributed by atoms with Crippen molar-refractivity contribution in [1.82, 2.24) is 25.8 Å². The molecule has 1 aromatic heterocycles. The number of nitrogens with zero attached hydrogens (tertiary/aromatic N) is 2. The van der Waals surface area contributed by atoms with E-state index in [1.54, 1.807) is 0 Å². The number of aromatic amines is 1. The third-order valence-corrected chi connectivity index (χ3v) is 5.84. The van der Waals surface area contributed by atoms with E-state index < -0.39 is 0 Å². The lowest BCUT2D eigenvalue weighted by Crippen LogP contribution is -2.68. The maximum Gasteiger partial charge on any atom is 0.238 e. The lowest BCUT2D eigenvalue weighted by Gasteiger charge is -2.51. The Labute approximate surface area is 163 Å². The number of hydrogen-bond donors (Lipinski definition) is 4. The van der Waals surface area contributed by atoms with Crippen LogP contribution < -0.4 is 16.0 Å². The van der Waals surface area contributed by atoms with Gasteiger partial charge in [0.05, 0.1) is 12.1 Å². The van der Waals surface area contributed by atoms with Crippen LogP contribution in [0.2, 0.25) is 0 Å². The van der Waals surface area contributed by atoms with Gasteiger partial charge in [0.1, 0.15) is 5.82 Å². The van der Waals surface area contributed by atoms with E-state index in [-0.39, 0.29) is 29.9 Å². The zero-order valence-electron chi connectivity index (χ0n) is 16.3. The lowest BCUT2D eigenvalue weighted by molar-refractivity contribution is -0.128. The van der Waals surface area contributed by atoms with Crippen molar-refractivity contribution in [1.29, 1.82) is 0 Å². The van der Waals surface area contributed by atoms with Crippen LogP contribution in [0.3, 0.4) is 0 Å². The maximum absolute atomic E-state index is 12.5. The number of amides is 2. The number of rotatable bonds is 5. The van der Waals surface area contributed by atoms with Crippen LogP contribution in [0.15, 0.2) is 18.2 Å². The summed E-state index contributed by atoms with van der Waals surface area (Å²) >= 11 is 0. The zero-order chi connectivity index (χ0) is 19.7. The summed E-state index contributed by atoms with van der Waals surface area (Å²) in [6, 6.07) is 5.93. The van der Waals surface area contributed by atoms with Crippen LogP contribution in [0.25, 0.3) is 11.4 Å². The molecule has 8 heteroatoms. The first-order valence-corrected chi connectivity index (χ1v) is 9.79. The molecule has 4 N–H and O–H groups in total. The molecule has 1 spiro atoms. The van der Waals surface area contributed by atoms with Crippen molar-refractivity contribution in [2.24, 2.45) is 0 Å². The van der Waals surface area contributed by atoms with Gasteiger partial charge in [-0.05, 0) is 51.2 Å². The fourth-order valence-corrected chi connectivity index (χ4v) is 4.09. The number of benzene rings is 1. The van der Waals surface area contributed by atoms with Gasteiger partial charge in [-0.25, -0.2) is 4.98 Å². The van der Waals surface area contributed by atoms with Crippen LogP contribution in [0, 0.1) is 13.8 Å². The van der Waals surface area contributed by atoms with Gasteiger partial charge in [0.25, 0.3) is 0 Å². The quantitative estimate of drug-likeness (QED) is 0.630. The first-order chi connectivity index (χ1) is 13.4. The molecule has 8 nitrogen and oxygen atoms in total. The second-order valence-corrected chi connectivity index (χ2v) is 7.85. The predicted molar refractivity (Wildman–Crippen MR) is 106 cm³/mol. The van der Waals surface area contributed by atoms with E-state index in [9.17, 15) is 9.59 Å². The van der Waals surface area contributed by atoms with Crippen LogP contribution in [0.1, 0.15) is 43.5 Å². The maximum atomic E-state index is 12.5. The minimum absolute atomic E-state index is 0.0993. The van der Waals surface area contributed by atoms with Crippen LogP contribution in [0.5, 0.6) is 0 Å². The van der Waals surface area contributed by atoms with E-state index in [1.165, 1.54) is 0 Å². The van der Waals surface area contributed by atoms with Crippen LogP contribution >= 0.6 is 0 Å². The Morgan fingerprint density at radius 2 is 2.14 bits per heavy atom. The molecule has 2 amide bonds. The number of carbonyl (C=O) groups excluding carboxylic acids is 2. The second-order valence-electron chi connectivity index (χ2n) is 7.85. The molecule has 1 aromatic carbocycles. The average molecular weight is 382 g/mol. The first-order valence-electron chi connectivity index (χ1n) is 9.79. The highest BCUT2D eigenvalue weighted by Crippen LogP contribution is 2.38. The smallest absolute Gasteiger partial charge is 0.238 e. The molecule has 2 aromatic rings. The van der Waals surface area contributed by atoms with E-state index in [1.807, 2.05) is 32.0 Å². The highest BCUT2D eigenvalue weighted by atomic mass is 16.2. The van der Waals surface area contributed by atoms with Crippen LogP contribution in [0.4, 0.5) is 5.69 Å². The lowest BCUT2D eigenvalue weighted by atomic mass is 9.68. The van der Waals surface area contributed by atoms with Crippen molar-refractivity contribution in [2.75, 3.05) is 11.9 Å². The Balaban J connectivity index is 1.39. The van der Waals surface area contributed by atoms with Crippen molar-refractivity contribution >= 4 is 17.5 Å². The summed E-state index contributed by atoms with van der Waals surface area (Å²) in [5.74, 6) is 1.38. The van der Waals surface area contributed by atoms with Crippen molar-refractivity contribution < 1.29 is 9.59 Å². The van der Waals surface area contributed by atoms with Gasteiger partial charge in [0.2, 0.25) is 11.8 Å². The molecule has 2 aliphatic rings. The molecule has 0 radical (unpaired) electrons. The number of anilines is 1. The molecule has 0 bridgehead atoms. The van der Waals surface area contributed by atoms with Gasteiger partial charge >= 0.3 is 0 Å². The molecular weight excluding hydrogens is 356 g/mol. The Hall–Kier alpha value is -2.74. The average Bonchev–Trinajstić information content (AvgIpc) is 3.07. The predicted octanol–water partition coefficient (Wildman–Crippen LogP) is 1.82. The number of nitrogens with one attached hydrogen (secondary N) is 4. The molecule has 1 saturated heterocycles. The van der Waals surface area contributed by atoms with Crippen molar-refractivity contribution in [3.8, 4) is 11.4 Å². The Morgan fingerprint density at radius 1 is 1.32 bits per heavy atom. The Bertz CT molecular complexity index is 902. The third-order valence-electron chi connectivity index (χ3n) is 5.84. The summed E-state index contributed by atoms with van der Waals surface area (Å²) in [4.78, 5) is 28.6. The summed E-state index contributed by atoms with van der Waals surface area (Å²) in [6.45, 7) is 4.02. The van der Waals surface area contributed by atoms with E-state index in [4.69, 9.17) is 0 Å². The van der Waals surface area contributed by atoms with E-state index in [0.29, 0.717) is 12.2 Å². The number of piperidine rings is 1. The zero-order valence-corrected chi connectivity index (χ0v) is 16.3. The van der Waals surface area contributed by atoms with Gasteiger partial charge in [0, 0.05) is 23.7 Å². The number of carbonyl (C=O) groups is 2. The summed E-state index contributed by atoms with van der Waals surface area (Å²) in [5, 5.41) is 16.5. The van der Waals surface area contributed by atoms with Crippen molar-refractivity contribution in [3.63, 3.8) is 0 Å². The van der Waals surface area contributed by atoms with Gasteiger partial charge in [0.15, 0.2) is 5.82 Å². The summed E-state index contributed by atoms with van der Waals surface area (Å²) < 4.78 is 0. The molecule has 1 aliphatic carbocycles. The summed E-state index contributed by atoms with van der Waals surface area (Å²) in [7, 11) is 0. The molecule has 1 saturated carbocycles. The van der Waals surface area contributed by atoms with Gasteiger partial charge in [-0.15, -0.1) is 0 Å². The largest absolute Gasteiger partial charge is 0.349 e. The SMILES string of the molecule is Cc1nc(-c2ccc(C)c(NC(=O)CNC3CCC(=O)NC34CCC4)c2)n[nH]1. The fraction of sp³-hybridized carbons (Fsp3) is 0.500. The second kappa shape index (κ2) is 7.35. The Kier molecular flexibility index (Phi) is 4.89. The van der Waals surface area contributed by atoms with Crippen LogP contribution in [-0.2, 0) is 9.59 Å². The monoisotopic (exact) mass is 382 g/mol. The highest BCUT2D eigenvalue weighted by molar-refractivity contribution is 5.93. The number of aromatic nitrogens is 3. The fourth-order valence-electron chi connectivity index (χ4n) is 4.09. The highest BCUT2D eigenvalue weighted by Gasteiger charge is 2.47. The molecule has 2 fully saturated rings. The van der Waals surface area contributed by atoms with Gasteiger partial charge in [-0.1, -0.05) is 12.1 Å². The molecule has 148 valence electrons. The molecule has 2 heterocycles.